The van der Waals surface area contributed by atoms with Crippen LogP contribution in [0.25, 0.3) is 17.0 Å². The number of allylic oxidation sites excluding steroid dienone is 1. The topological polar surface area (TPSA) is 45.8 Å². The number of hydrogen-bond acceptors (Lipinski definition) is 4. The van der Waals surface area contributed by atoms with E-state index in [1.54, 1.807) is 0 Å². The molecule has 0 fully saturated rings. The first-order valence-electron chi connectivity index (χ1n) is 10.1. The normalized spacial score (nSPS) is 15.0. The fourth-order valence-electron chi connectivity index (χ4n) is 3.94. The van der Waals surface area contributed by atoms with E-state index >= 15 is 0 Å². The molecule has 2 aromatic carbocycles. The van der Waals surface area contributed by atoms with Crippen LogP contribution in [0.1, 0.15) is 38.8 Å². The number of para-hydroxylation sites is 1. The number of fused-ring (bicyclic) bond motifs is 2. The first kappa shape index (κ1) is 19.2. The summed E-state index contributed by atoms with van der Waals surface area (Å²) in [5.41, 5.74) is 4.82. The van der Waals surface area contributed by atoms with Gasteiger partial charge in [0, 0.05) is 35.6 Å². The van der Waals surface area contributed by atoms with E-state index in [0.29, 0.717) is 11.1 Å². The SMILES string of the molecule is CCN(CC)c1ccc2cc(/C=C/C3=Nc4ccccc4C3(C)C)c(=O)oc2c1. The van der Waals surface area contributed by atoms with E-state index in [0.717, 1.165) is 35.6 Å². The van der Waals surface area contributed by atoms with E-state index in [2.05, 4.69) is 44.7 Å². The Balaban J connectivity index is 1.68. The summed E-state index contributed by atoms with van der Waals surface area (Å²) in [4.78, 5) is 19.5. The molecule has 1 aliphatic heterocycles. The van der Waals surface area contributed by atoms with Gasteiger partial charge in [-0.05, 0) is 55.8 Å². The summed E-state index contributed by atoms with van der Waals surface area (Å²) in [6.07, 6.45) is 3.75. The van der Waals surface area contributed by atoms with Gasteiger partial charge in [0.2, 0.25) is 0 Å². The minimum atomic E-state index is -0.334. The number of nitrogens with zero attached hydrogens (tertiary/aromatic N) is 2. The molecule has 1 aromatic heterocycles. The van der Waals surface area contributed by atoms with Crippen LogP contribution >= 0.6 is 0 Å². The highest BCUT2D eigenvalue weighted by atomic mass is 16.4. The molecule has 0 saturated carbocycles. The first-order valence-corrected chi connectivity index (χ1v) is 10.1. The molecule has 1 aliphatic rings. The van der Waals surface area contributed by atoms with Crippen LogP contribution in [-0.2, 0) is 5.41 Å². The van der Waals surface area contributed by atoms with Crippen LogP contribution in [0.4, 0.5) is 11.4 Å². The molecule has 2 heterocycles. The van der Waals surface area contributed by atoms with Gasteiger partial charge in [-0.1, -0.05) is 32.0 Å². The monoisotopic (exact) mass is 386 g/mol. The molecule has 0 spiro atoms. The van der Waals surface area contributed by atoms with Crippen LogP contribution in [0.5, 0.6) is 0 Å². The van der Waals surface area contributed by atoms with Gasteiger partial charge in [0.1, 0.15) is 5.58 Å². The van der Waals surface area contributed by atoms with Gasteiger partial charge in [-0.25, -0.2) is 4.79 Å². The van der Waals surface area contributed by atoms with Crippen LogP contribution in [0.3, 0.4) is 0 Å². The Morgan fingerprint density at radius 3 is 2.52 bits per heavy atom. The summed E-state index contributed by atoms with van der Waals surface area (Å²) in [5.74, 6) is 0. The van der Waals surface area contributed by atoms with E-state index < -0.39 is 0 Å². The molecule has 4 rings (SSSR count). The van der Waals surface area contributed by atoms with Crippen molar-refractivity contribution in [2.45, 2.75) is 33.1 Å². The largest absolute Gasteiger partial charge is 0.422 e. The smallest absolute Gasteiger partial charge is 0.343 e. The van der Waals surface area contributed by atoms with Crippen LogP contribution in [-0.4, -0.2) is 18.8 Å². The van der Waals surface area contributed by atoms with Gasteiger partial charge < -0.3 is 9.32 Å². The molecule has 0 atom stereocenters. The van der Waals surface area contributed by atoms with Crippen molar-refractivity contribution in [3.8, 4) is 0 Å². The second kappa shape index (κ2) is 7.36. The van der Waals surface area contributed by atoms with Gasteiger partial charge in [-0.15, -0.1) is 0 Å². The maximum absolute atomic E-state index is 12.6. The Kier molecular flexibility index (Phi) is 4.87. The summed E-state index contributed by atoms with van der Waals surface area (Å²) >= 11 is 0. The zero-order valence-corrected chi connectivity index (χ0v) is 17.4. The Labute approximate surface area is 171 Å². The van der Waals surface area contributed by atoms with Gasteiger partial charge in [-0.3, -0.25) is 4.99 Å². The highest BCUT2D eigenvalue weighted by Crippen LogP contribution is 2.40. The summed E-state index contributed by atoms with van der Waals surface area (Å²) in [6, 6.07) is 16.1. The van der Waals surface area contributed by atoms with Crippen molar-refractivity contribution in [1.29, 1.82) is 0 Å². The molecule has 29 heavy (non-hydrogen) atoms. The Morgan fingerprint density at radius 1 is 1.03 bits per heavy atom. The lowest BCUT2D eigenvalue weighted by Gasteiger charge is -2.21. The molecular formula is C25H26N2O2. The second-order valence-corrected chi connectivity index (χ2v) is 7.86. The number of benzene rings is 2. The third-order valence-corrected chi connectivity index (χ3v) is 5.75. The van der Waals surface area contributed by atoms with E-state index in [4.69, 9.17) is 9.41 Å². The average Bonchev–Trinajstić information content (AvgIpc) is 2.97. The van der Waals surface area contributed by atoms with Crippen molar-refractivity contribution in [3.63, 3.8) is 0 Å². The van der Waals surface area contributed by atoms with Gasteiger partial charge in [0.25, 0.3) is 0 Å². The molecular weight excluding hydrogens is 360 g/mol. The van der Waals surface area contributed by atoms with Crippen LogP contribution in [0, 0.1) is 0 Å². The summed E-state index contributed by atoms with van der Waals surface area (Å²) in [5, 5.41) is 0.913. The summed E-state index contributed by atoms with van der Waals surface area (Å²) in [6.45, 7) is 10.4. The van der Waals surface area contributed by atoms with Gasteiger partial charge in [-0.2, -0.15) is 0 Å². The Bertz CT molecular complexity index is 1180. The molecule has 0 amide bonds. The van der Waals surface area contributed by atoms with E-state index in [1.165, 1.54) is 5.56 Å². The first-order chi connectivity index (χ1) is 13.9. The van der Waals surface area contributed by atoms with Gasteiger partial charge >= 0.3 is 5.63 Å². The molecule has 4 heteroatoms. The number of anilines is 1. The van der Waals surface area contributed by atoms with Crippen LogP contribution in [0.15, 0.2) is 68.8 Å². The Morgan fingerprint density at radius 2 is 1.79 bits per heavy atom. The molecule has 4 nitrogen and oxygen atoms in total. The fourth-order valence-corrected chi connectivity index (χ4v) is 3.94. The summed E-state index contributed by atoms with van der Waals surface area (Å²) < 4.78 is 5.63. The maximum atomic E-state index is 12.6. The van der Waals surface area contributed by atoms with Crippen molar-refractivity contribution >= 4 is 34.1 Å². The van der Waals surface area contributed by atoms with E-state index in [1.807, 2.05) is 48.6 Å². The van der Waals surface area contributed by atoms with E-state index in [9.17, 15) is 4.79 Å². The van der Waals surface area contributed by atoms with Gasteiger partial charge in [0.05, 0.1) is 17.0 Å². The maximum Gasteiger partial charge on any atom is 0.343 e. The molecule has 3 aromatic rings. The molecule has 148 valence electrons. The van der Waals surface area contributed by atoms with Crippen LogP contribution in [0.2, 0.25) is 0 Å². The molecule has 0 saturated heterocycles. The van der Waals surface area contributed by atoms with E-state index in [-0.39, 0.29) is 11.0 Å². The lowest BCUT2D eigenvalue weighted by atomic mass is 9.81. The van der Waals surface area contributed by atoms with Crippen molar-refractivity contribution in [1.82, 2.24) is 0 Å². The third kappa shape index (κ3) is 3.39. The minimum Gasteiger partial charge on any atom is -0.422 e. The highest BCUT2D eigenvalue weighted by Gasteiger charge is 2.32. The predicted molar refractivity (Wildman–Crippen MR) is 122 cm³/mol. The Hall–Kier alpha value is -3.14. The molecule has 0 radical (unpaired) electrons. The van der Waals surface area contributed by atoms with Crippen LogP contribution < -0.4 is 10.5 Å². The second-order valence-electron chi connectivity index (χ2n) is 7.86. The van der Waals surface area contributed by atoms with Crippen molar-refractivity contribution in [2.24, 2.45) is 4.99 Å². The standard InChI is InChI=1S/C25H26N2O2/c1-5-27(6-2)19-13-11-17-15-18(24(28)29-22(17)16-19)12-14-23-25(3,4)20-9-7-8-10-21(20)26-23/h7-16H,5-6H2,1-4H3/b14-12+. The van der Waals surface area contributed by atoms with Gasteiger partial charge in [0.15, 0.2) is 0 Å². The summed E-state index contributed by atoms with van der Waals surface area (Å²) in [7, 11) is 0. The lowest BCUT2D eigenvalue weighted by molar-refractivity contribution is 0.559. The number of rotatable bonds is 5. The fraction of sp³-hybridized carbons (Fsp3) is 0.280. The molecule has 0 bridgehead atoms. The van der Waals surface area contributed by atoms with Crippen molar-refractivity contribution < 1.29 is 4.42 Å². The quantitative estimate of drug-likeness (QED) is 0.527. The average molecular weight is 386 g/mol. The third-order valence-electron chi connectivity index (χ3n) is 5.75. The predicted octanol–water partition coefficient (Wildman–Crippen LogP) is 5.72. The zero-order chi connectivity index (χ0) is 20.6. The van der Waals surface area contributed by atoms with Crippen molar-refractivity contribution in [3.05, 3.63) is 76.2 Å². The minimum absolute atomic E-state index is 0.192. The van der Waals surface area contributed by atoms with Crippen molar-refractivity contribution in [2.75, 3.05) is 18.0 Å². The highest BCUT2D eigenvalue weighted by molar-refractivity contribution is 6.10. The molecule has 0 N–H and O–H groups in total. The number of hydrogen-bond donors (Lipinski definition) is 0. The molecule has 0 aliphatic carbocycles. The lowest BCUT2D eigenvalue weighted by Crippen LogP contribution is -2.23. The zero-order valence-electron chi connectivity index (χ0n) is 17.4. The molecule has 0 unspecified atom stereocenters. The number of aliphatic imine (C=N–C) groups is 1.